The Hall–Kier alpha value is -2.10. The number of aromatic nitrogens is 1. The Balaban J connectivity index is 1.93. The number of likely N-dealkylation sites (N-methyl/N-ethyl adjacent to an activating group) is 1. The molecule has 2 aliphatic rings. The lowest BCUT2D eigenvalue weighted by Gasteiger charge is -2.36. The van der Waals surface area contributed by atoms with Crippen LogP contribution in [0.1, 0.15) is 61.9 Å². The molecule has 158 valence electrons. The second kappa shape index (κ2) is 10.1. The smallest absolute Gasteiger partial charge is 0.259 e. The molecule has 1 aliphatic carbocycles. The van der Waals surface area contributed by atoms with Gasteiger partial charge in [-0.25, -0.2) is 4.98 Å². The number of carbonyl (C=O) groups is 1. The number of pyridine rings is 1. The maximum atomic E-state index is 13.3. The third-order valence-corrected chi connectivity index (χ3v) is 5.95. The van der Waals surface area contributed by atoms with E-state index in [1.165, 1.54) is 19.3 Å². The zero-order valence-electron chi connectivity index (χ0n) is 17.8. The van der Waals surface area contributed by atoms with Gasteiger partial charge in [0.05, 0.1) is 12.6 Å². The number of carbonyl (C=O) groups excluding carboxylic acids is 1. The van der Waals surface area contributed by atoms with E-state index >= 15 is 0 Å². The van der Waals surface area contributed by atoms with Gasteiger partial charge in [-0.2, -0.15) is 0 Å². The lowest BCUT2D eigenvalue weighted by molar-refractivity contribution is 0.0404. The zero-order valence-corrected chi connectivity index (χ0v) is 17.8. The molecule has 29 heavy (non-hydrogen) atoms. The summed E-state index contributed by atoms with van der Waals surface area (Å²) in [6.07, 6.45) is 7.67. The van der Waals surface area contributed by atoms with Crippen LogP contribution in [0.25, 0.3) is 0 Å². The molecule has 6 nitrogen and oxygen atoms in total. The number of fused-ring (bicyclic) bond motifs is 1. The fraction of sp³-hybridized carbons (Fsp3) is 0.652. The predicted octanol–water partition coefficient (Wildman–Crippen LogP) is 2.45. The Morgan fingerprint density at radius 2 is 2.14 bits per heavy atom. The van der Waals surface area contributed by atoms with E-state index in [1.54, 1.807) is 17.2 Å². The summed E-state index contributed by atoms with van der Waals surface area (Å²) in [5.74, 6) is 7.31. The molecule has 1 aliphatic heterocycles. The van der Waals surface area contributed by atoms with Crippen molar-refractivity contribution in [2.24, 2.45) is 11.8 Å². The minimum Gasteiger partial charge on any atom is -0.472 e. The van der Waals surface area contributed by atoms with Gasteiger partial charge in [-0.05, 0) is 32.9 Å². The summed E-state index contributed by atoms with van der Waals surface area (Å²) < 4.78 is 6.14. The molecule has 2 N–H and O–H groups in total. The van der Waals surface area contributed by atoms with E-state index in [-0.39, 0.29) is 30.6 Å². The highest BCUT2D eigenvalue weighted by molar-refractivity contribution is 5.97. The first kappa shape index (κ1) is 21.6. The van der Waals surface area contributed by atoms with E-state index in [0.29, 0.717) is 30.5 Å². The number of nitrogens with zero attached hydrogens (tertiary/aromatic N) is 2. The van der Waals surface area contributed by atoms with Crippen LogP contribution in [0.4, 0.5) is 0 Å². The van der Waals surface area contributed by atoms with Crippen molar-refractivity contribution in [2.45, 2.75) is 58.1 Å². The van der Waals surface area contributed by atoms with Gasteiger partial charge in [-0.3, -0.25) is 4.79 Å². The maximum absolute atomic E-state index is 13.3. The second-order valence-electron chi connectivity index (χ2n) is 8.36. The number of aliphatic hydroxyl groups excluding tert-OH is 1. The number of hydrogen-bond acceptors (Lipinski definition) is 5. The second-order valence-corrected chi connectivity index (χ2v) is 8.36. The Bertz CT molecular complexity index is 764. The average Bonchev–Trinajstić information content (AvgIpc) is 2.75. The molecule has 0 radical (unpaired) electrons. The molecule has 0 spiro atoms. The van der Waals surface area contributed by atoms with Crippen LogP contribution >= 0.6 is 0 Å². The maximum Gasteiger partial charge on any atom is 0.259 e. The van der Waals surface area contributed by atoms with Gasteiger partial charge in [-0.15, -0.1) is 0 Å². The summed E-state index contributed by atoms with van der Waals surface area (Å²) in [4.78, 5) is 19.5. The lowest BCUT2D eigenvalue weighted by atomic mass is 9.90. The molecular formula is C23H33N3O3. The number of nitrogens with one attached hydrogen (secondary N) is 1. The number of ether oxygens (including phenoxy) is 1. The van der Waals surface area contributed by atoms with Gasteiger partial charge in [-0.1, -0.05) is 38.0 Å². The molecule has 3 rings (SSSR count). The highest BCUT2D eigenvalue weighted by Crippen LogP contribution is 2.27. The quantitative estimate of drug-likeness (QED) is 0.761. The van der Waals surface area contributed by atoms with Crippen molar-refractivity contribution < 1.29 is 14.6 Å². The molecule has 1 aromatic heterocycles. The molecule has 2 heterocycles. The van der Waals surface area contributed by atoms with Crippen LogP contribution in [0.5, 0.6) is 5.88 Å². The van der Waals surface area contributed by atoms with E-state index in [1.807, 2.05) is 14.0 Å². The van der Waals surface area contributed by atoms with Gasteiger partial charge in [0.25, 0.3) is 5.91 Å². The molecule has 1 fully saturated rings. The topological polar surface area (TPSA) is 74.7 Å². The Kier molecular flexibility index (Phi) is 7.51. The van der Waals surface area contributed by atoms with Crippen molar-refractivity contribution in [3.05, 3.63) is 23.4 Å². The molecule has 0 aromatic carbocycles. The highest BCUT2D eigenvalue weighted by Gasteiger charge is 2.33. The largest absolute Gasteiger partial charge is 0.472 e. The van der Waals surface area contributed by atoms with Crippen molar-refractivity contribution >= 4 is 5.91 Å². The first-order chi connectivity index (χ1) is 14.0. The fourth-order valence-electron chi connectivity index (χ4n) is 4.05. The van der Waals surface area contributed by atoms with Crippen molar-refractivity contribution in [1.82, 2.24) is 15.2 Å². The van der Waals surface area contributed by atoms with Gasteiger partial charge in [0.2, 0.25) is 5.88 Å². The molecule has 0 unspecified atom stereocenters. The molecule has 3 atom stereocenters. The van der Waals surface area contributed by atoms with Crippen molar-refractivity contribution in [2.75, 3.05) is 26.7 Å². The van der Waals surface area contributed by atoms with Gasteiger partial charge >= 0.3 is 0 Å². The van der Waals surface area contributed by atoms with Crippen molar-refractivity contribution in [1.29, 1.82) is 0 Å². The van der Waals surface area contributed by atoms with Crippen LogP contribution in [0.3, 0.4) is 0 Å². The third kappa shape index (κ3) is 5.29. The Morgan fingerprint density at radius 3 is 2.83 bits per heavy atom. The van der Waals surface area contributed by atoms with Crippen molar-refractivity contribution in [3.8, 4) is 17.7 Å². The number of rotatable bonds is 4. The van der Waals surface area contributed by atoms with Crippen LogP contribution in [0.15, 0.2) is 12.3 Å². The molecule has 1 aromatic rings. The van der Waals surface area contributed by atoms with Gasteiger partial charge in [0.15, 0.2) is 0 Å². The first-order valence-corrected chi connectivity index (χ1v) is 10.8. The van der Waals surface area contributed by atoms with Crippen LogP contribution < -0.4 is 10.1 Å². The summed E-state index contributed by atoms with van der Waals surface area (Å²) >= 11 is 0. The van der Waals surface area contributed by atoms with Crippen LogP contribution in [0, 0.1) is 23.7 Å². The molecule has 6 heteroatoms. The van der Waals surface area contributed by atoms with Gasteiger partial charge in [0, 0.05) is 36.7 Å². The zero-order chi connectivity index (χ0) is 20.8. The number of aliphatic hydroxyl groups is 1. The fourth-order valence-corrected chi connectivity index (χ4v) is 4.05. The lowest BCUT2D eigenvalue weighted by Crippen LogP contribution is -2.49. The molecular weight excluding hydrogens is 366 g/mol. The molecule has 1 saturated carbocycles. The van der Waals surface area contributed by atoms with E-state index in [4.69, 9.17) is 4.74 Å². The average molecular weight is 400 g/mol. The van der Waals surface area contributed by atoms with Crippen molar-refractivity contribution in [3.63, 3.8) is 0 Å². The summed E-state index contributed by atoms with van der Waals surface area (Å²) in [5, 5.41) is 12.8. The van der Waals surface area contributed by atoms with Crippen LogP contribution in [-0.2, 0) is 0 Å². The van der Waals surface area contributed by atoms with E-state index in [9.17, 15) is 9.90 Å². The summed E-state index contributed by atoms with van der Waals surface area (Å²) in [7, 11) is 1.88. The molecule has 1 amide bonds. The molecule has 0 saturated heterocycles. The van der Waals surface area contributed by atoms with E-state index < -0.39 is 0 Å². The first-order valence-electron chi connectivity index (χ1n) is 10.8. The van der Waals surface area contributed by atoms with Gasteiger partial charge in [0.1, 0.15) is 11.7 Å². The van der Waals surface area contributed by atoms with E-state index in [2.05, 4.69) is 29.1 Å². The number of hydrogen-bond donors (Lipinski definition) is 2. The minimum atomic E-state index is -0.275. The highest BCUT2D eigenvalue weighted by atomic mass is 16.5. The predicted molar refractivity (Wildman–Crippen MR) is 113 cm³/mol. The Morgan fingerprint density at radius 1 is 1.38 bits per heavy atom. The Labute approximate surface area is 174 Å². The van der Waals surface area contributed by atoms with Crippen LogP contribution in [-0.4, -0.2) is 59.8 Å². The van der Waals surface area contributed by atoms with Crippen LogP contribution in [0.2, 0.25) is 0 Å². The third-order valence-electron chi connectivity index (χ3n) is 5.95. The monoisotopic (exact) mass is 399 g/mol. The van der Waals surface area contributed by atoms with Gasteiger partial charge < -0.3 is 20.1 Å². The summed E-state index contributed by atoms with van der Waals surface area (Å²) in [5.41, 5.74) is 1.16. The standard InChI is InChI=1S/C23H33N3O3/c1-16-14-26(17(2)15-27)23(28)20-11-19(10-9-18-7-5-4-6-8-18)12-25-22(20)29-21(16)13-24-3/h11-12,16-18,21,24,27H,4-8,13-15H2,1-3H3/t16-,17-,21-/m0/s1. The minimum absolute atomic E-state index is 0.0834. The summed E-state index contributed by atoms with van der Waals surface area (Å²) in [6.45, 7) is 5.01. The SMILES string of the molecule is CNC[C@@H]1Oc2ncc(C#CC3CCCCC3)cc2C(=O)N([C@@H](C)CO)C[C@@H]1C. The number of amides is 1. The van der Waals surface area contributed by atoms with E-state index in [0.717, 1.165) is 18.4 Å². The normalized spacial score (nSPS) is 23.9. The molecule has 0 bridgehead atoms. The summed E-state index contributed by atoms with van der Waals surface area (Å²) in [6, 6.07) is 1.52.